The van der Waals surface area contributed by atoms with Crippen molar-refractivity contribution in [2.45, 2.75) is 33.1 Å². The highest BCUT2D eigenvalue weighted by Gasteiger charge is 2.28. The van der Waals surface area contributed by atoms with Crippen molar-refractivity contribution in [2.75, 3.05) is 0 Å². The highest BCUT2D eigenvalue weighted by atomic mass is 19.1. The Balaban J connectivity index is 2.35. The summed E-state index contributed by atoms with van der Waals surface area (Å²) < 4.78 is 13.0. The van der Waals surface area contributed by atoms with E-state index >= 15 is 0 Å². The van der Waals surface area contributed by atoms with E-state index in [1.165, 1.54) is 12.1 Å². The van der Waals surface area contributed by atoms with Crippen LogP contribution in [0.5, 0.6) is 0 Å². The standard InChI is InChI=1S/C15H18FNO/c1-10(2)9-12-5-8-14(17-18)15(12)11-3-6-13(16)7-4-11/h3-4,6-7,10,12H,5,8-9H2,1-2H3. The lowest BCUT2D eigenvalue weighted by Crippen LogP contribution is -2.03. The van der Waals surface area contributed by atoms with Crippen LogP contribution in [0, 0.1) is 22.6 Å². The van der Waals surface area contributed by atoms with Crippen molar-refractivity contribution in [1.82, 2.24) is 0 Å². The molecule has 18 heavy (non-hydrogen) atoms. The van der Waals surface area contributed by atoms with Crippen molar-refractivity contribution in [1.29, 1.82) is 0 Å². The monoisotopic (exact) mass is 247 g/mol. The van der Waals surface area contributed by atoms with Gasteiger partial charge in [0.25, 0.3) is 0 Å². The van der Waals surface area contributed by atoms with Gasteiger partial charge in [-0.25, -0.2) is 4.39 Å². The molecule has 1 aromatic rings. The number of allylic oxidation sites excluding steroid dienone is 2. The molecule has 2 nitrogen and oxygen atoms in total. The lowest BCUT2D eigenvalue weighted by atomic mass is 9.87. The van der Waals surface area contributed by atoms with E-state index in [0.717, 1.165) is 30.4 Å². The molecule has 1 aliphatic rings. The topological polar surface area (TPSA) is 29.4 Å². The summed E-state index contributed by atoms with van der Waals surface area (Å²) in [5.41, 5.74) is 2.61. The van der Waals surface area contributed by atoms with E-state index < -0.39 is 0 Å². The van der Waals surface area contributed by atoms with Gasteiger partial charge in [-0.15, -0.1) is 4.91 Å². The fourth-order valence-electron chi connectivity index (χ4n) is 2.76. The Labute approximate surface area is 107 Å². The van der Waals surface area contributed by atoms with E-state index in [2.05, 4.69) is 19.0 Å². The molecule has 0 bridgehead atoms. The van der Waals surface area contributed by atoms with E-state index in [1.807, 2.05) is 0 Å². The van der Waals surface area contributed by atoms with E-state index in [1.54, 1.807) is 12.1 Å². The average molecular weight is 247 g/mol. The molecule has 0 spiro atoms. The minimum atomic E-state index is -0.252. The molecular formula is C15H18FNO. The Kier molecular flexibility index (Phi) is 3.90. The quantitative estimate of drug-likeness (QED) is 0.705. The molecule has 1 atom stereocenters. The van der Waals surface area contributed by atoms with Crippen LogP contribution < -0.4 is 0 Å². The Morgan fingerprint density at radius 1 is 1.33 bits per heavy atom. The van der Waals surface area contributed by atoms with Gasteiger partial charge < -0.3 is 0 Å². The van der Waals surface area contributed by atoms with Gasteiger partial charge in [-0.1, -0.05) is 26.0 Å². The maximum absolute atomic E-state index is 13.0. The van der Waals surface area contributed by atoms with Gasteiger partial charge in [0.1, 0.15) is 5.82 Å². The number of nitrogens with zero attached hydrogens (tertiary/aromatic N) is 1. The summed E-state index contributed by atoms with van der Waals surface area (Å²) in [5.74, 6) is 0.706. The maximum atomic E-state index is 13.0. The first-order chi connectivity index (χ1) is 8.61. The molecule has 0 N–H and O–H groups in total. The lowest BCUT2D eigenvalue weighted by Gasteiger charge is -2.17. The first-order valence-corrected chi connectivity index (χ1v) is 6.44. The summed E-state index contributed by atoms with van der Waals surface area (Å²) in [4.78, 5) is 10.9. The molecule has 0 fully saturated rings. The van der Waals surface area contributed by atoms with Crippen LogP contribution in [0.15, 0.2) is 35.1 Å². The zero-order chi connectivity index (χ0) is 13.1. The lowest BCUT2D eigenvalue weighted by molar-refractivity contribution is 0.478. The normalized spacial score (nSPS) is 19.7. The molecule has 0 heterocycles. The Morgan fingerprint density at radius 3 is 2.56 bits per heavy atom. The van der Waals surface area contributed by atoms with Crippen LogP contribution in [0.4, 0.5) is 4.39 Å². The van der Waals surface area contributed by atoms with Gasteiger partial charge in [-0.05, 0) is 59.5 Å². The fraction of sp³-hybridized carbons (Fsp3) is 0.467. The largest absolute Gasteiger partial charge is 0.207 e. The van der Waals surface area contributed by atoms with Gasteiger partial charge in [0.15, 0.2) is 0 Å². The van der Waals surface area contributed by atoms with Crippen LogP contribution in [0.25, 0.3) is 5.57 Å². The van der Waals surface area contributed by atoms with Crippen LogP contribution in [0.3, 0.4) is 0 Å². The third-order valence-electron chi connectivity index (χ3n) is 3.47. The predicted octanol–water partition coefficient (Wildman–Crippen LogP) is 4.76. The first kappa shape index (κ1) is 12.9. The van der Waals surface area contributed by atoms with Gasteiger partial charge in [-0.3, -0.25) is 0 Å². The SMILES string of the molecule is CC(C)CC1CCC(N=O)=C1c1ccc(F)cc1. The molecule has 1 unspecified atom stereocenters. The molecule has 0 aliphatic heterocycles. The number of benzene rings is 1. The van der Waals surface area contributed by atoms with Gasteiger partial charge in [0.05, 0.1) is 5.70 Å². The van der Waals surface area contributed by atoms with Gasteiger partial charge in [0, 0.05) is 0 Å². The van der Waals surface area contributed by atoms with Gasteiger partial charge in [0.2, 0.25) is 0 Å². The number of nitroso groups, excluding NO2 is 1. The highest BCUT2D eigenvalue weighted by molar-refractivity contribution is 5.72. The minimum absolute atomic E-state index is 0.252. The Hall–Kier alpha value is -1.51. The zero-order valence-corrected chi connectivity index (χ0v) is 10.8. The van der Waals surface area contributed by atoms with Crippen molar-refractivity contribution in [3.05, 3.63) is 46.3 Å². The second-order valence-electron chi connectivity index (χ2n) is 5.32. The molecule has 3 heteroatoms. The van der Waals surface area contributed by atoms with Crippen molar-refractivity contribution in [3.8, 4) is 0 Å². The van der Waals surface area contributed by atoms with Gasteiger partial charge in [-0.2, -0.15) is 0 Å². The number of hydrogen-bond donors (Lipinski definition) is 0. The van der Waals surface area contributed by atoms with E-state index in [4.69, 9.17) is 0 Å². The van der Waals surface area contributed by atoms with Crippen LogP contribution in [-0.4, -0.2) is 0 Å². The van der Waals surface area contributed by atoms with Gasteiger partial charge >= 0.3 is 0 Å². The molecular weight excluding hydrogens is 229 g/mol. The minimum Gasteiger partial charge on any atom is -0.207 e. The molecule has 0 amide bonds. The number of rotatable bonds is 4. The summed E-state index contributed by atoms with van der Waals surface area (Å²) in [6, 6.07) is 6.37. The average Bonchev–Trinajstić information content (AvgIpc) is 2.72. The Morgan fingerprint density at radius 2 is 2.00 bits per heavy atom. The smallest absolute Gasteiger partial charge is 0.123 e. The van der Waals surface area contributed by atoms with Crippen LogP contribution in [-0.2, 0) is 0 Å². The summed E-state index contributed by atoms with van der Waals surface area (Å²) in [6.45, 7) is 4.35. The van der Waals surface area contributed by atoms with Crippen molar-refractivity contribution in [3.63, 3.8) is 0 Å². The second-order valence-corrected chi connectivity index (χ2v) is 5.32. The van der Waals surface area contributed by atoms with Crippen molar-refractivity contribution >= 4 is 5.57 Å². The van der Waals surface area contributed by atoms with E-state index in [-0.39, 0.29) is 5.82 Å². The molecule has 96 valence electrons. The predicted molar refractivity (Wildman–Crippen MR) is 71.3 cm³/mol. The molecule has 1 aromatic carbocycles. The molecule has 0 radical (unpaired) electrons. The summed E-state index contributed by atoms with van der Waals surface area (Å²) >= 11 is 0. The first-order valence-electron chi connectivity index (χ1n) is 6.44. The number of hydrogen-bond acceptors (Lipinski definition) is 2. The fourth-order valence-corrected chi connectivity index (χ4v) is 2.76. The highest BCUT2D eigenvalue weighted by Crippen LogP contribution is 2.42. The molecule has 0 saturated carbocycles. The molecule has 1 aliphatic carbocycles. The molecule has 0 saturated heterocycles. The van der Waals surface area contributed by atoms with Crippen LogP contribution >= 0.6 is 0 Å². The summed E-state index contributed by atoms with van der Waals surface area (Å²) in [7, 11) is 0. The van der Waals surface area contributed by atoms with Crippen LogP contribution in [0.1, 0.15) is 38.7 Å². The maximum Gasteiger partial charge on any atom is 0.123 e. The summed E-state index contributed by atoms with van der Waals surface area (Å²) in [5, 5.41) is 3.16. The van der Waals surface area contributed by atoms with E-state index in [0.29, 0.717) is 17.5 Å². The second kappa shape index (κ2) is 5.42. The molecule has 2 rings (SSSR count). The Bertz CT molecular complexity index is 462. The number of halogens is 1. The third-order valence-corrected chi connectivity index (χ3v) is 3.47. The van der Waals surface area contributed by atoms with Crippen molar-refractivity contribution < 1.29 is 4.39 Å². The van der Waals surface area contributed by atoms with E-state index in [9.17, 15) is 9.30 Å². The summed E-state index contributed by atoms with van der Waals surface area (Å²) in [6.07, 6.45) is 2.77. The zero-order valence-electron chi connectivity index (χ0n) is 10.8. The molecule has 0 aromatic heterocycles. The van der Waals surface area contributed by atoms with Crippen LogP contribution in [0.2, 0.25) is 0 Å². The third kappa shape index (κ3) is 2.66. The van der Waals surface area contributed by atoms with Crippen molar-refractivity contribution in [2.24, 2.45) is 17.0 Å².